The molecule has 0 unspecified atom stereocenters. The molecule has 0 aliphatic rings. The molecule has 0 spiro atoms. The molecule has 0 radical (unpaired) electrons. The first-order chi connectivity index (χ1) is 4.70. The van der Waals surface area contributed by atoms with Gasteiger partial charge in [0.05, 0.1) is 7.11 Å². The van der Waals surface area contributed by atoms with Gasteiger partial charge < -0.3 is 10.1 Å². The molecule has 0 bridgehead atoms. The average Bonchev–Trinajstić information content (AvgIpc) is 1.99. The normalized spacial score (nSPS) is 9.40. The Balaban J connectivity index is 3.75. The lowest BCUT2D eigenvalue weighted by molar-refractivity contribution is -0.135. The van der Waals surface area contributed by atoms with Crippen LogP contribution in [-0.2, 0) is 14.3 Å². The fraction of sp³-hybridized carbons (Fsp3) is 0.333. The molecule has 0 heterocycles. The van der Waals surface area contributed by atoms with Crippen LogP contribution in [0.2, 0.25) is 0 Å². The van der Waals surface area contributed by atoms with Crippen LogP contribution in [-0.4, -0.2) is 26.0 Å². The number of esters is 1. The molecular formula is C6H9NO3. The van der Waals surface area contributed by atoms with Crippen LogP contribution < -0.4 is 5.32 Å². The predicted octanol–water partition coefficient (Wildman–Crippen LogP) is -0.538. The van der Waals surface area contributed by atoms with Crippen LogP contribution in [0, 0.1) is 0 Å². The first-order valence-electron chi connectivity index (χ1n) is 2.68. The van der Waals surface area contributed by atoms with Gasteiger partial charge in [0.2, 0.25) is 5.91 Å². The molecular weight excluding hydrogens is 134 g/mol. The van der Waals surface area contributed by atoms with Crippen molar-refractivity contribution >= 4 is 11.9 Å². The number of carbonyl (C=O) groups excluding carboxylic acids is 2. The number of nitrogens with one attached hydrogen (secondary N) is 1. The second kappa shape index (κ2) is 4.55. The minimum absolute atomic E-state index is 0.328. The van der Waals surface area contributed by atoms with Crippen LogP contribution in [0.4, 0.5) is 0 Å². The molecule has 1 N–H and O–H groups in total. The first-order valence-corrected chi connectivity index (χ1v) is 2.68. The van der Waals surface area contributed by atoms with E-state index in [4.69, 9.17) is 0 Å². The second-order valence-electron chi connectivity index (χ2n) is 1.47. The van der Waals surface area contributed by atoms with Gasteiger partial charge in [-0.25, -0.2) is 4.79 Å². The maximum atomic E-state index is 10.4. The van der Waals surface area contributed by atoms with Crippen LogP contribution in [0.5, 0.6) is 0 Å². The van der Waals surface area contributed by atoms with Gasteiger partial charge in [-0.1, -0.05) is 0 Å². The fourth-order valence-electron chi connectivity index (χ4n) is 0.295. The summed E-state index contributed by atoms with van der Waals surface area (Å²) in [6.07, 6.45) is 2.16. The van der Waals surface area contributed by atoms with Gasteiger partial charge >= 0.3 is 5.97 Å². The van der Waals surface area contributed by atoms with Gasteiger partial charge in [0.25, 0.3) is 0 Å². The number of ether oxygens (including phenoxy) is 1. The average molecular weight is 143 g/mol. The van der Waals surface area contributed by atoms with Crippen LogP contribution in [0.1, 0.15) is 0 Å². The zero-order chi connectivity index (χ0) is 7.98. The van der Waals surface area contributed by atoms with Gasteiger partial charge in [0.15, 0.2) is 0 Å². The molecule has 1 amide bonds. The zero-order valence-electron chi connectivity index (χ0n) is 5.88. The number of rotatable bonds is 2. The van der Waals surface area contributed by atoms with Crippen LogP contribution in [0.25, 0.3) is 0 Å². The Kier molecular flexibility index (Phi) is 3.95. The summed E-state index contributed by atoms with van der Waals surface area (Å²) in [5.74, 6) is -0.867. The topological polar surface area (TPSA) is 55.4 Å². The van der Waals surface area contributed by atoms with E-state index >= 15 is 0 Å². The van der Waals surface area contributed by atoms with E-state index in [1.165, 1.54) is 14.2 Å². The largest absolute Gasteiger partial charge is 0.466 e. The lowest BCUT2D eigenvalue weighted by atomic mass is 10.5. The van der Waals surface area contributed by atoms with Crippen molar-refractivity contribution in [2.24, 2.45) is 0 Å². The van der Waals surface area contributed by atoms with Gasteiger partial charge in [0, 0.05) is 19.2 Å². The first kappa shape index (κ1) is 8.68. The molecule has 0 saturated heterocycles. The number of hydrogen-bond acceptors (Lipinski definition) is 3. The Labute approximate surface area is 58.9 Å². The Morgan fingerprint density at radius 2 is 2.00 bits per heavy atom. The highest BCUT2D eigenvalue weighted by Gasteiger charge is 1.92. The lowest BCUT2D eigenvalue weighted by Crippen LogP contribution is -2.14. The highest BCUT2D eigenvalue weighted by atomic mass is 16.5. The Morgan fingerprint density at radius 3 is 2.40 bits per heavy atom. The van der Waals surface area contributed by atoms with Crippen LogP contribution in [0.15, 0.2) is 12.2 Å². The summed E-state index contributed by atoms with van der Waals surface area (Å²) in [6, 6.07) is 0. The number of amides is 1. The summed E-state index contributed by atoms with van der Waals surface area (Å²) in [5, 5.41) is 2.31. The van der Waals surface area contributed by atoms with Gasteiger partial charge in [0.1, 0.15) is 0 Å². The fourth-order valence-corrected chi connectivity index (χ4v) is 0.295. The maximum Gasteiger partial charge on any atom is 0.330 e. The summed E-state index contributed by atoms with van der Waals surface area (Å²) in [5.41, 5.74) is 0. The molecule has 0 aromatic carbocycles. The summed E-state index contributed by atoms with van der Waals surface area (Å²) in [7, 11) is 2.72. The molecule has 0 atom stereocenters. The van der Waals surface area contributed by atoms with Crippen molar-refractivity contribution in [3.05, 3.63) is 12.2 Å². The van der Waals surface area contributed by atoms with Crippen molar-refractivity contribution in [2.75, 3.05) is 14.2 Å². The van der Waals surface area contributed by atoms with Crippen molar-refractivity contribution in [1.82, 2.24) is 5.32 Å². The van der Waals surface area contributed by atoms with Crippen LogP contribution in [0.3, 0.4) is 0 Å². The number of likely N-dealkylation sites (N-methyl/N-ethyl adjacent to an activating group) is 1. The third-order valence-electron chi connectivity index (χ3n) is 0.818. The molecule has 0 aliphatic heterocycles. The molecule has 0 aliphatic carbocycles. The lowest BCUT2D eigenvalue weighted by Gasteiger charge is -1.89. The molecule has 0 aromatic rings. The summed E-state index contributed by atoms with van der Waals surface area (Å²) < 4.78 is 4.24. The Bertz CT molecular complexity index is 144. The number of hydrogen-bond donors (Lipinski definition) is 1. The Morgan fingerprint density at radius 1 is 1.40 bits per heavy atom. The second-order valence-corrected chi connectivity index (χ2v) is 1.47. The monoisotopic (exact) mass is 143 g/mol. The number of carbonyl (C=O) groups is 2. The standard InChI is InChI=1S/C6H9NO3/c1-7-5(8)3-4-6(9)10-2/h3-4H,1-2H3,(H,7,8)/b4-3-. The van der Waals surface area contributed by atoms with Crippen LogP contribution >= 0.6 is 0 Å². The summed E-state index contributed by atoms with van der Waals surface area (Å²) in [4.78, 5) is 20.8. The molecule has 56 valence electrons. The van der Waals surface area contributed by atoms with E-state index in [1.54, 1.807) is 0 Å². The van der Waals surface area contributed by atoms with Gasteiger partial charge in [-0.05, 0) is 0 Å². The van der Waals surface area contributed by atoms with Crippen molar-refractivity contribution in [2.45, 2.75) is 0 Å². The molecule has 10 heavy (non-hydrogen) atoms. The van der Waals surface area contributed by atoms with E-state index < -0.39 is 5.97 Å². The quantitative estimate of drug-likeness (QED) is 0.417. The van der Waals surface area contributed by atoms with Gasteiger partial charge in [-0.15, -0.1) is 0 Å². The van der Waals surface area contributed by atoms with Crippen molar-refractivity contribution in [3.63, 3.8) is 0 Å². The molecule has 0 rings (SSSR count). The number of methoxy groups -OCH3 is 1. The van der Waals surface area contributed by atoms with E-state index in [2.05, 4.69) is 10.1 Å². The van der Waals surface area contributed by atoms with E-state index in [0.717, 1.165) is 12.2 Å². The zero-order valence-corrected chi connectivity index (χ0v) is 5.88. The molecule has 0 aromatic heterocycles. The minimum atomic E-state index is -0.538. The van der Waals surface area contributed by atoms with E-state index in [9.17, 15) is 9.59 Å². The minimum Gasteiger partial charge on any atom is -0.466 e. The molecule has 4 nitrogen and oxygen atoms in total. The maximum absolute atomic E-state index is 10.4. The van der Waals surface area contributed by atoms with Crippen molar-refractivity contribution < 1.29 is 14.3 Å². The van der Waals surface area contributed by atoms with Crippen molar-refractivity contribution in [1.29, 1.82) is 0 Å². The summed E-state index contributed by atoms with van der Waals surface area (Å²) in [6.45, 7) is 0. The third kappa shape index (κ3) is 3.65. The third-order valence-corrected chi connectivity index (χ3v) is 0.818. The van der Waals surface area contributed by atoms with E-state index in [-0.39, 0.29) is 5.91 Å². The highest BCUT2D eigenvalue weighted by Crippen LogP contribution is 1.76. The molecule has 0 saturated carbocycles. The molecule has 4 heteroatoms. The smallest absolute Gasteiger partial charge is 0.330 e. The summed E-state index contributed by atoms with van der Waals surface area (Å²) >= 11 is 0. The molecule has 0 fully saturated rings. The van der Waals surface area contributed by atoms with E-state index in [0.29, 0.717) is 0 Å². The SMILES string of the molecule is CNC(=O)/C=C\C(=O)OC. The van der Waals surface area contributed by atoms with Gasteiger partial charge in [-0.3, -0.25) is 4.79 Å². The van der Waals surface area contributed by atoms with Gasteiger partial charge in [-0.2, -0.15) is 0 Å². The predicted molar refractivity (Wildman–Crippen MR) is 35.2 cm³/mol. The highest BCUT2D eigenvalue weighted by molar-refractivity contribution is 5.94. The van der Waals surface area contributed by atoms with E-state index in [1.807, 2.05) is 0 Å². The van der Waals surface area contributed by atoms with Crippen molar-refractivity contribution in [3.8, 4) is 0 Å². The Hall–Kier alpha value is -1.32.